The lowest BCUT2D eigenvalue weighted by Crippen LogP contribution is -2.47. The van der Waals surface area contributed by atoms with Crippen molar-refractivity contribution in [3.05, 3.63) is 28.8 Å². The van der Waals surface area contributed by atoms with Crippen LogP contribution in [0.15, 0.2) is 12.1 Å². The number of carbonyl (C=O) groups is 1. The van der Waals surface area contributed by atoms with Gasteiger partial charge in [-0.05, 0) is 61.4 Å². The van der Waals surface area contributed by atoms with Crippen LogP contribution in [0.1, 0.15) is 62.3 Å². The lowest BCUT2D eigenvalue weighted by molar-refractivity contribution is -0.126. The molecule has 1 aromatic rings. The molecule has 0 radical (unpaired) electrons. The highest BCUT2D eigenvalue weighted by atomic mass is 32.2. The second-order valence-corrected chi connectivity index (χ2v) is 10.4. The van der Waals surface area contributed by atoms with Crippen LogP contribution in [-0.4, -0.2) is 57.2 Å². The van der Waals surface area contributed by atoms with Gasteiger partial charge in [-0.1, -0.05) is 13.8 Å². The molecule has 0 bridgehead atoms. The molecule has 1 amide bonds. The largest absolute Gasteiger partial charge is 0.496 e. The number of rotatable bonds is 7. The molecular weight excluding hydrogens is 390 g/mol. The molecule has 1 unspecified atom stereocenters. The molecule has 0 aliphatic carbocycles. The Balaban J connectivity index is 2.06. The van der Waals surface area contributed by atoms with E-state index in [1.165, 1.54) is 22.7 Å². The van der Waals surface area contributed by atoms with Gasteiger partial charge in [0.1, 0.15) is 5.75 Å². The standard InChI is InChI=1S/C21H35N3O4S/c1-14(2)18-13-19(15(3)12-20(18)28-7)16(4)22-21(25)17-8-10-24(11-9-17)29(26,27)23(5)6/h12-14,16-17H,8-11H2,1-7H3,(H,22,25). The first-order chi connectivity index (χ1) is 13.5. The first-order valence-electron chi connectivity index (χ1n) is 10.1. The molecule has 0 aromatic heterocycles. The van der Waals surface area contributed by atoms with E-state index >= 15 is 0 Å². The Morgan fingerprint density at radius 1 is 1.17 bits per heavy atom. The number of nitrogens with zero attached hydrogens (tertiary/aromatic N) is 2. The fourth-order valence-corrected chi connectivity index (χ4v) is 4.93. The zero-order valence-corrected chi connectivity index (χ0v) is 19.5. The van der Waals surface area contributed by atoms with Crippen molar-refractivity contribution in [1.29, 1.82) is 0 Å². The third kappa shape index (κ3) is 5.29. The molecule has 1 saturated heterocycles. The minimum Gasteiger partial charge on any atom is -0.496 e. The smallest absolute Gasteiger partial charge is 0.281 e. The van der Waals surface area contributed by atoms with E-state index in [0.717, 1.165) is 22.4 Å². The fraction of sp³-hybridized carbons (Fsp3) is 0.667. The summed E-state index contributed by atoms with van der Waals surface area (Å²) in [6.45, 7) is 8.99. The van der Waals surface area contributed by atoms with Crippen molar-refractivity contribution in [2.45, 2.75) is 52.5 Å². The summed E-state index contributed by atoms with van der Waals surface area (Å²) in [5.41, 5.74) is 3.28. The van der Waals surface area contributed by atoms with Gasteiger partial charge in [0, 0.05) is 33.1 Å². The summed E-state index contributed by atoms with van der Waals surface area (Å²) >= 11 is 0. The van der Waals surface area contributed by atoms with Crippen LogP contribution in [0.2, 0.25) is 0 Å². The molecule has 164 valence electrons. The van der Waals surface area contributed by atoms with Gasteiger partial charge in [-0.3, -0.25) is 4.79 Å². The Labute approximate surface area is 175 Å². The highest BCUT2D eigenvalue weighted by molar-refractivity contribution is 7.86. The molecule has 7 nitrogen and oxygen atoms in total. The topological polar surface area (TPSA) is 79.0 Å². The number of amides is 1. The number of carbonyl (C=O) groups excluding carboxylic acids is 1. The van der Waals surface area contributed by atoms with Crippen LogP contribution in [0, 0.1) is 12.8 Å². The van der Waals surface area contributed by atoms with Gasteiger partial charge in [0.2, 0.25) is 5.91 Å². The van der Waals surface area contributed by atoms with Crippen molar-refractivity contribution in [3.63, 3.8) is 0 Å². The van der Waals surface area contributed by atoms with E-state index in [1.807, 2.05) is 19.9 Å². The van der Waals surface area contributed by atoms with Gasteiger partial charge in [0.15, 0.2) is 0 Å². The summed E-state index contributed by atoms with van der Waals surface area (Å²) in [7, 11) is 1.31. The molecule has 8 heteroatoms. The molecule has 0 saturated carbocycles. The monoisotopic (exact) mass is 425 g/mol. The average molecular weight is 426 g/mol. The van der Waals surface area contributed by atoms with E-state index in [9.17, 15) is 13.2 Å². The number of methoxy groups -OCH3 is 1. The predicted octanol–water partition coefficient (Wildman–Crippen LogP) is 2.82. The van der Waals surface area contributed by atoms with Crippen LogP contribution in [-0.2, 0) is 15.0 Å². The van der Waals surface area contributed by atoms with Gasteiger partial charge in [-0.2, -0.15) is 17.0 Å². The Morgan fingerprint density at radius 3 is 2.24 bits per heavy atom. The van der Waals surface area contributed by atoms with Gasteiger partial charge in [0.05, 0.1) is 13.2 Å². The number of nitrogens with one attached hydrogen (secondary N) is 1. The van der Waals surface area contributed by atoms with E-state index in [4.69, 9.17) is 4.74 Å². The van der Waals surface area contributed by atoms with Crippen molar-refractivity contribution in [1.82, 2.24) is 13.9 Å². The number of aryl methyl sites for hydroxylation is 1. The number of hydrogen-bond donors (Lipinski definition) is 1. The molecule has 1 atom stereocenters. The quantitative estimate of drug-likeness (QED) is 0.729. The van der Waals surface area contributed by atoms with E-state index in [-0.39, 0.29) is 17.9 Å². The highest BCUT2D eigenvalue weighted by Gasteiger charge is 2.32. The molecule has 29 heavy (non-hydrogen) atoms. The molecule has 0 spiro atoms. The van der Waals surface area contributed by atoms with Crippen LogP contribution >= 0.6 is 0 Å². The van der Waals surface area contributed by atoms with Crippen molar-refractivity contribution < 1.29 is 17.9 Å². The summed E-state index contributed by atoms with van der Waals surface area (Å²) in [5.74, 6) is 0.999. The van der Waals surface area contributed by atoms with Gasteiger partial charge in [-0.25, -0.2) is 0 Å². The summed E-state index contributed by atoms with van der Waals surface area (Å²) in [5, 5.41) is 3.13. The Kier molecular flexibility index (Phi) is 7.70. The third-order valence-corrected chi connectivity index (χ3v) is 7.62. The Hall–Kier alpha value is -1.64. The SMILES string of the molecule is COc1cc(C)c(C(C)NC(=O)C2CCN(S(=O)(=O)N(C)C)CC2)cc1C(C)C. The molecule has 1 aromatic carbocycles. The van der Waals surface area contributed by atoms with Gasteiger partial charge in [0.25, 0.3) is 10.2 Å². The lowest BCUT2D eigenvalue weighted by Gasteiger charge is -2.32. The van der Waals surface area contributed by atoms with E-state index in [2.05, 4.69) is 25.2 Å². The van der Waals surface area contributed by atoms with Gasteiger partial charge < -0.3 is 10.1 Å². The molecule has 1 N–H and O–H groups in total. The molecule has 1 aliphatic heterocycles. The summed E-state index contributed by atoms with van der Waals surface area (Å²) in [6.07, 6.45) is 1.06. The summed E-state index contributed by atoms with van der Waals surface area (Å²) in [6, 6.07) is 4.02. The number of hydrogen-bond acceptors (Lipinski definition) is 4. The van der Waals surface area contributed by atoms with Crippen LogP contribution in [0.4, 0.5) is 0 Å². The predicted molar refractivity (Wildman–Crippen MR) is 115 cm³/mol. The van der Waals surface area contributed by atoms with Crippen molar-refractivity contribution in [2.24, 2.45) is 5.92 Å². The van der Waals surface area contributed by atoms with Crippen LogP contribution in [0.5, 0.6) is 5.75 Å². The van der Waals surface area contributed by atoms with Crippen LogP contribution < -0.4 is 10.1 Å². The molecule has 1 heterocycles. The minimum atomic E-state index is -3.42. The molecule has 1 aliphatic rings. The first-order valence-corrected chi connectivity index (χ1v) is 11.5. The normalized spacial score (nSPS) is 17.6. The summed E-state index contributed by atoms with van der Waals surface area (Å²) < 4.78 is 32.7. The summed E-state index contributed by atoms with van der Waals surface area (Å²) in [4.78, 5) is 12.8. The Morgan fingerprint density at radius 2 is 1.76 bits per heavy atom. The minimum absolute atomic E-state index is 0.0132. The Bertz CT molecular complexity index is 829. The van der Waals surface area contributed by atoms with Crippen LogP contribution in [0.3, 0.4) is 0 Å². The van der Waals surface area contributed by atoms with E-state index < -0.39 is 10.2 Å². The van der Waals surface area contributed by atoms with Gasteiger partial charge in [-0.15, -0.1) is 0 Å². The van der Waals surface area contributed by atoms with Gasteiger partial charge >= 0.3 is 0 Å². The maximum Gasteiger partial charge on any atom is 0.281 e. The second-order valence-electron chi connectivity index (χ2n) is 8.30. The average Bonchev–Trinajstić information content (AvgIpc) is 2.67. The number of benzene rings is 1. The van der Waals surface area contributed by atoms with E-state index in [0.29, 0.717) is 31.8 Å². The number of piperidine rings is 1. The van der Waals surface area contributed by atoms with Crippen LogP contribution in [0.25, 0.3) is 0 Å². The molecule has 1 fully saturated rings. The highest BCUT2D eigenvalue weighted by Crippen LogP contribution is 2.32. The maximum atomic E-state index is 12.8. The van der Waals surface area contributed by atoms with Crippen molar-refractivity contribution in [2.75, 3.05) is 34.3 Å². The molecule has 2 rings (SSSR count). The zero-order valence-electron chi connectivity index (χ0n) is 18.7. The lowest BCUT2D eigenvalue weighted by atomic mass is 9.92. The maximum absolute atomic E-state index is 12.8. The first kappa shape index (κ1) is 23.6. The molecular formula is C21H35N3O4S. The number of ether oxygens (including phenoxy) is 1. The van der Waals surface area contributed by atoms with E-state index in [1.54, 1.807) is 7.11 Å². The fourth-order valence-electron chi connectivity index (χ4n) is 3.80. The van der Waals surface area contributed by atoms with Crippen molar-refractivity contribution in [3.8, 4) is 5.75 Å². The third-order valence-electron chi connectivity index (χ3n) is 5.68. The second kappa shape index (κ2) is 9.45. The van der Waals surface area contributed by atoms with Crippen molar-refractivity contribution >= 4 is 16.1 Å². The zero-order chi connectivity index (χ0) is 21.9.